The van der Waals surface area contributed by atoms with Gasteiger partial charge >= 0.3 is 0 Å². The van der Waals surface area contributed by atoms with E-state index in [1.54, 1.807) is 0 Å². The molecule has 3 heteroatoms. The number of aliphatic hydroxyl groups is 1. The van der Waals surface area contributed by atoms with Gasteiger partial charge in [-0.2, -0.15) is 0 Å². The van der Waals surface area contributed by atoms with Crippen LogP contribution in [-0.4, -0.2) is 48.0 Å². The Morgan fingerprint density at radius 2 is 1.92 bits per heavy atom. The lowest BCUT2D eigenvalue weighted by Crippen LogP contribution is -2.63. The summed E-state index contributed by atoms with van der Waals surface area (Å²) >= 11 is 0. The van der Waals surface area contributed by atoms with Gasteiger partial charge in [-0.15, -0.1) is 0 Å². The maximum absolute atomic E-state index is 9.54. The molecule has 0 radical (unpaired) electrons. The van der Waals surface area contributed by atoms with Crippen LogP contribution in [0.5, 0.6) is 0 Å². The summed E-state index contributed by atoms with van der Waals surface area (Å²) < 4.78 is 5.28. The summed E-state index contributed by atoms with van der Waals surface area (Å²) in [6.07, 6.45) is 2.27. The van der Waals surface area contributed by atoms with Gasteiger partial charge < -0.3 is 9.84 Å². The van der Waals surface area contributed by atoms with Crippen molar-refractivity contribution in [2.45, 2.75) is 31.4 Å². The predicted octanol–water partition coefficient (Wildman–Crippen LogP) is 0.232. The monoisotopic (exact) mass is 171 g/mol. The third kappa shape index (κ3) is 1.63. The van der Waals surface area contributed by atoms with Crippen LogP contribution in [-0.2, 0) is 4.74 Å². The number of hydrogen-bond acceptors (Lipinski definition) is 3. The van der Waals surface area contributed by atoms with E-state index in [2.05, 4.69) is 4.90 Å². The molecular weight excluding hydrogens is 154 g/mol. The Labute approximate surface area is 73.3 Å². The highest BCUT2D eigenvalue weighted by atomic mass is 16.5. The van der Waals surface area contributed by atoms with Crippen LogP contribution in [0, 0.1) is 0 Å². The van der Waals surface area contributed by atoms with E-state index in [0.29, 0.717) is 6.04 Å². The maximum Gasteiger partial charge on any atom is 0.0872 e. The second-order valence-electron chi connectivity index (χ2n) is 4.25. The lowest BCUT2D eigenvalue weighted by atomic mass is 9.92. The number of likely N-dealkylation sites (tertiary alicyclic amines) is 1. The van der Waals surface area contributed by atoms with Crippen molar-refractivity contribution in [1.82, 2.24) is 4.90 Å². The molecule has 2 aliphatic heterocycles. The lowest BCUT2D eigenvalue weighted by molar-refractivity contribution is -0.117. The van der Waals surface area contributed by atoms with Gasteiger partial charge in [-0.25, -0.2) is 0 Å². The second-order valence-corrected chi connectivity index (χ2v) is 4.25. The fraction of sp³-hybridized carbons (Fsp3) is 1.00. The molecule has 12 heavy (non-hydrogen) atoms. The van der Waals surface area contributed by atoms with Gasteiger partial charge in [0.05, 0.1) is 5.60 Å². The van der Waals surface area contributed by atoms with E-state index in [-0.39, 0.29) is 0 Å². The van der Waals surface area contributed by atoms with Crippen molar-refractivity contribution in [3.8, 4) is 0 Å². The van der Waals surface area contributed by atoms with Gasteiger partial charge in [-0.05, 0) is 19.8 Å². The van der Waals surface area contributed by atoms with Crippen LogP contribution < -0.4 is 0 Å². The zero-order valence-corrected chi connectivity index (χ0v) is 7.62. The minimum Gasteiger partial charge on any atom is -0.388 e. The minimum atomic E-state index is -0.418. The largest absolute Gasteiger partial charge is 0.388 e. The van der Waals surface area contributed by atoms with E-state index < -0.39 is 5.60 Å². The highest BCUT2D eigenvalue weighted by Gasteiger charge is 2.40. The summed E-state index contributed by atoms with van der Waals surface area (Å²) in [5.74, 6) is 0. The molecule has 0 amide bonds. The normalized spacial score (nSPS) is 31.5. The average Bonchev–Trinajstić information content (AvgIpc) is 2.02. The van der Waals surface area contributed by atoms with E-state index >= 15 is 0 Å². The molecule has 0 saturated carbocycles. The first-order chi connectivity index (χ1) is 5.67. The fourth-order valence-corrected chi connectivity index (χ4v) is 2.14. The standard InChI is InChI=1S/C9H17NO2/c1-9(11)6-10(7-9)8-2-4-12-5-3-8/h8,11H,2-7H2,1H3. The molecule has 2 fully saturated rings. The van der Waals surface area contributed by atoms with Crippen molar-refractivity contribution >= 4 is 0 Å². The Hall–Kier alpha value is -0.120. The zero-order valence-electron chi connectivity index (χ0n) is 7.62. The summed E-state index contributed by atoms with van der Waals surface area (Å²) in [6, 6.07) is 0.666. The summed E-state index contributed by atoms with van der Waals surface area (Å²) in [7, 11) is 0. The molecule has 0 bridgehead atoms. The van der Waals surface area contributed by atoms with Gasteiger partial charge in [0.1, 0.15) is 0 Å². The molecule has 70 valence electrons. The second kappa shape index (κ2) is 2.98. The molecule has 1 N–H and O–H groups in total. The molecule has 3 nitrogen and oxygen atoms in total. The molecule has 2 saturated heterocycles. The smallest absolute Gasteiger partial charge is 0.0872 e. The average molecular weight is 171 g/mol. The summed E-state index contributed by atoms with van der Waals surface area (Å²) in [5, 5.41) is 9.54. The van der Waals surface area contributed by atoms with Crippen molar-refractivity contribution < 1.29 is 9.84 Å². The van der Waals surface area contributed by atoms with E-state index in [1.807, 2.05) is 6.92 Å². The maximum atomic E-state index is 9.54. The Morgan fingerprint density at radius 3 is 2.42 bits per heavy atom. The number of rotatable bonds is 1. The first-order valence-electron chi connectivity index (χ1n) is 4.72. The molecule has 0 atom stereocenters. The van der Waals surface area contributed by atoms with Crippen molar-refractivity contribution in [2.75, 3.05) is 26.3 Å². The van der Waals surface area contributed by atoms with Crippen molar-refractivity contribution in [2.24, 2.45) is 0 Å². The highest BCUT2D eigenvalue weighted by molar-refractivity contribution is 4.95. The van der Waals surface area contributed by atoms with Crippen LogP contribution in [0.1, 0.15) is 19.8 Å². The topological polar surface area (TPSA) is 32.7 Å². The molecular formula is C9H17NO2. The molecule has 0 spiro atoms. The van der Waals surface area contributed by atoms with Crippen LogP contribution in [0.25, 0.3) is 0 Å². The van der Waals surface area contributed by atoms with Crippen molar-refractivity contribution in [3.63, 3.8) is 0 Å². The quantitative estimate of drug-likeness (QED) is 0.613. The fourth-order valence-electron chi connectivity index (χ4n) is 2.14. The Kier molecular flexibility index (Phi) is 2.10. The van der Waals surface area contributed by atoms with Gasteiger partial charge in [0.25, 0.3) is 0 Å². The lowest BCUT2D eigenvalue weighted by Gasteiger charge is -2.49. The molecule has 0 aliphatic carbocycles. The van der Waals surface area contributed by atoms with Crippen molar-refractivity contribution in [3.05, 3.63) is 0 Å². The van der Waals surface area contributed by atoms with E-state index in [9.17, 15) is 5.11 Å². The van der Waals surface area contributed by atoms with Crippen LogP contribution in [0.3, 0.4) is 0 Å². The molecule has 0 aromatic heterocycles. The van der Waals surface area contributed by atoms with Crippen LogP contribution in [0.2, 0.25) is 0 Å². The SMILES string of the molecule is CC1(O)CN(C2CCOCC2)C1. The summed E-state index contributed by atoms with van der Waals surface area (Å²) in [4.78, 5) is 2.36. The molecule has 2 heterocycles. The first-order valence-corrected chi connectivity index (χ1v) is 4.72. The zero-order chi connectivity index (χ0) is 8.60. The van der Waals surface area contributed by atoms with Crippen LogP contribution in [0.4, 0.5) is 0 Å². The van der Waals surface area contributed by atoms with E-state index in [4.69, 9.17) is 4.74 Å². The third-order valence-electron chi connectivity index (χ3n) is 2.79. The van der Waals surface area contributed by atoms with Gasteiger partial charge in [0.15, 0.2) is 0 Å². The number of nitrogens with zero attached hydrogens (tertiary/aromatic N) is 1. The third-order valence-corrected chi connectivity index (χ3v) is 2.79. The predicted molar refractivity (Wildman–Crippen MR) is 46.0 cm³/mol. The van der Waals surface area contributed by atoms with E-state index in [1.165, 1.54) is 0 Å². The van der Waals surface area contributed by atoms with Gasteiger partial charge in [0, 0.05) is 32.3 Å². The van der Waals surface area contributed by atoms with Gasteiger partial charge in [-0.1, -0.05) is 0 Å². The number of ether oxygens (including phenoxy) is 1. The molecule has 0 unspecified atom stereocenters. The summed E-state index contributed by atoms with van der Waals surface area (Å²) in [6.45, 7) is 5.38. The van der Waals surface area contributed by atoms with Crippen LogP contribution in [0.15, 0.2) is 0 Å². The minimum absolute atomic E-state index is 0.418. The number of β-amino-alcohol motifs (C(OH)–C–C–N with tert-alkyl or cyclic N) is 1. The highest BCUT2D eigenvalue weighted by Crippen LogP contribution is 2.26. The molecule has 2 rings (SSSR count). The summed E-state index contributed by atoms with van der Waals surface area (Å²) in [5.41, 5.74) is -0.418. The van der Waals surface area contributed by atoms with Crippen LogP contribution >= 0.6 is 0 Å². The Balaban J connectivity index is 1.79. The number of hydrogen-bond donors (Lipinski definition) is 1. The van der Waals surface area contributed by atoms with Crippen molar-refractivity contribution in [1.29, 1.82) is 0 Å². The molecule has 2 aliphatic rings. The first kappa shape index (κ1) is 8.48. The molecule has 0 aromatic rings. The Bertz CT molecular complexity index is 156. The van der Waals surface area contributed by atoms with Gasteiger partial charge in [-0.3, -0.25) is 4.90 Å². The Morgan fingerprint density at radius 1 is 1.33 bits per heavy atom. The van der Waals surface area contributed by atoms with E-state index in [0.717, 1.165) is 39.1 Å². The van der Waals surface area contributed by atoms with Gasteiger partial charge in [0.2, 0.25) is 0 Å². The molecule has 0 aromatic carbocycles.